The Bertz CT molecular complexity index is 557. The molecule has 0 heterocycles. The van der Waals surface area contributed by atoms with Gasteiger partial charge >= 0.3 is 0 Å². The number of carbonyl (C=O) groups is 1. The predicted molar refractivity (Wildman–Crippen MR) is 72.4 cm³/mol. The summed E-state index contributed by atoms with van der Waals surface area (Å²) in [4.78, 5) is 12.6. The molecule has 0 aliphatic heterocycles. The highest BCUT2D eigenvalue weighted by Gasteiger charge is 2.18. The predicted octanol–water partition coefficient (Wildman–Crippen LogP) is 0.398. The first-order chi connectivity index (χ1) is 8.24. The molecule has 1 aromatic rings. The first kappa shape index (κ1) is 14.9. The number of benzene rings is 1. The average Bonchev–Trinajstić information content (AvgIpc) is 2.25. The summed E-state index contributed by atoms with van der Waals surface area (Å²) in [7, 11) is -0.687. The molecule has 18 heavy (non-hydrogen) atoms. The number of carbonyl (C=O) groups excluding carboxylic acids is 1. The average molecular weight is 336 g/mol. The number of hydrogen-bond acceptors (Lipinski definition) is 4. The monoisotopic (exact) mass is 335 g/mol. The normalized spacial score (nSPS) is 11.3. The number of hydrogen-bond donors (Lipinski definition) is 2. The van der Waals surface area contributed by atoms with E-state index >= 15 is 0 Å². The van der Waals surface area contributed by atoms with Crippen LogP contribution in [0.5, 0.6) is 0 Å². The van der Waals surface area contributed by atoms with Crippen LogP contribution in [0, 0.1) is 0 Å². The Kier molecular flexibility index (Phi) is 4.71. The summed E-state index contributed by atoms with van der Waals surface area (Å²) in [6, 6.07) is 4.43. The molecule has 100 valence electrons. The van der Waals surface area contributed by atoms with Crippen molar-refractivity contribution in [2.45, 2.75) is 4.90 Å². The maximum atomic E-state index is 11.9. The quantitative estimate of drug-likeness (QED) is 0.779. The van der Waals surface area contributed by atoms with Gasteiger partial charge in [0.25, 0.3) is 0 Å². The second kappa shape index (κ2) is 5.68. The van der Waals surface area contributed by atoms with Crippen LogP contribution in [0.3, 0.4) is 0 Å². The fourth-order valence-corrected chi connectivity index (χ4v) is 2.62. The molecule has 0 spiro atoms. The van der Waals surface area contributed by atoms with Crippen LogP contribution in [0.1, 0.15) is 0 Å². The Balaban J connectivity index is 2.90. The molecule has 0 aromatic heterocycles. The van der Waals surface area contributed by atoms with E-state index in [0.29, 0.717) is 4.47 Å². The third-order valence-electron chi connectivity index (χ3n) is 2.17. The molecule has 8 heteroatoms. The van der Waals surface area contributed by atoms with E-state index in [1.165, 1.54) is 17.0 Å². The molecule has 0 bridgehead atoms. The van der Waals surface area contributed by atoms with Crippen LogP contribution >= 0.6 is 15.9 Å². The van der Waals surface area contributed by atoms with Crippen LogP contribution in [0.25, 0.3) is 0 Å². The van der Waals surface area contributed by atoms with Crippen molar-refractivity contribution in [1.29, 1.82) is 0 Å². The van der Waals surface area contributed by atoms with Gasteiger partial charge < -0.3 is 10.6 Å². The highest BCUT2D eigenvalue weighted by molar-refractivity contribution is 9.10. The van der Waals surface area contributed by atoms with Gasteiger partial charge in [-0.25, -0.2) is 13.1 Å². The minimum atomic E-state index is -3.78. The summed E-state index contributed by atoms with van der Waals surface area (Å²) in [5.74, 6) is -0.339. The van der Waals surface area contributed by atoms with E-state index in [1.54, 1.807) is 20.2 Å². The molecular weight excluding hydrogens is 322 g/mol. The van der Waals surface area contributed by atoms with Gasteiger partial charge in [-0.3, -0.25) is 4.79 Å². The van der Waals surface area contributed by atoms with Crippen LogP contribution in [0.4, 0.5) is 5.69 Å². The maximum absolute atomic E-state index is 11.9. The number of nitrogens with zero attached hydrogens (tertiary/aromatic N) is 1. The summed E-state index contributed by atoms with van der Waals surface area (Å²) < 4.78 is 26.7. The molecular formula is C10H14BrN3O3S. The third kappa shape index (κ3) is 3.69. The molecule has 0 unspecified atom stereocenters. The minimum Gasteiger partial charge on any atom is -0.398 e. The first-order valence-electron chi connectivity index (χ1n) is 4.99. The number of sulfonamides is 1. The van der Waals surface area contributed by atoms with Crippen molar-refractivity contribution >= 4 is 37.5 Å². The molecule has 1 amide bonds. The van der Waals surface area contributed by atoms with E-state index in [1.807, 2.05) is 0 Å². The molecule has 0 aliphatic rings. The highest BCUT2D eigenvalue weighted by Crippen LogP contribution is 2.22. The third-order valence-corrected chi connectivity index (χ3v) is 4.14. The summed E-state index contributed by atoms with van der Waals surface area (Å²) in [5.41, 5.74) is 5.75. The lowest BCUT2D eigenvalue weighted by atomic mass is 10.3. The number of nitrogens with two attached hydrogens (primary N) is 1. The second-order valence-corrected chi connectivity index (χ2v) is 6.45. The summed E-state index contributed by atoms with van der Waals surface area (Å²) in [6.45, 7) is -0.301. The van der Waals surface area contributed by atoms with Crippen LogP contribution in [-0.2, 0) is 14.8 Å². The van der Waals surface area contributed by atoms with Crippen LogP contribution in [0.15, 0.2) is 27.6 Å². The van der Waals surface area contributed by atoms with Crippen molar-refractivity contribution in [2.75, 3.05) is 26.4 Å². The molecule has 0 atom stereocenters. The summed E-state index contributed by atoms with van der Waals surface area (Å²) in [5, 5.41) is 0. The maximum Gasteiger partial charge on any atom is 0.243 e. The highest BCUT2D eigenvalue weighted by atomic mass is 79.9. The van der Waals surface area contributed by atoms with Gasteiger partial charge in [0.15, 0.2) is 0 Å². The van der Waals surface area contributed by atoms with Gasteiger partial charge in [-0.1, -0.05) is 15.9 Å². The molecule has 0 fully saturated rings. The number of likely N-dealkylation sites (N-methyl/N-ethyl adjacent to an activating group) is 1. The lowest BCUT2D eigenvalue weighted by molar-refractivity contribution is -0.127. The van der Waals surface area contributed by atoms with Crippen LogP contribution in [0.2, 0.25) is 0 Å². The smallest absolute Gasteiger partial charge is 0.243 e. The molecule has 0 saturated heterocycles. The van der Waals surface area contributed by atoms with Gasteiger partial charge in [0.05, 0.1) is 12.2 Å². The van der Waals surface area contributed by atoms with E-state index < -0.39 is 10.0 Å². The minimum absolute atomic E-state index is 0.0442. The Morgan fingerprint density at radius 2 is 2.06 bits per heavy atom. The Morgan fingerprint density at radius 3 is 2.56 bits per heavy atom. The number of halogens is 1. The van der Waals surface area contributed by atoms with Gasteiger partial charge in [-0.05, 0) is 18.2 Å². The van der Waals surface area contributed by atoms with Gasteiger partial charge in [-0.2, -0.15) is 0 Å². The van der Waals surface area contributed by atoms with Gasteiger partial charge in [0.2, 0.25) is 15.9 Å². The van der Waals surface area contributed by atoms with Crippen molar-refractivity contribution < 1.29 is 13.2 Å². The summed E-state index contributed by atoms with van der Waals surface area (Å²) in [6.07, 6.45) is 0. The van der Waals surface area contributed by atoms with Gasteiger partial charge in [-0.15, -0.1) is 0 Å². The second-order valence-electron chi connectivity index (χ2n) is 3.79. The van der Waals surface area contributed by atoms with Gasteiger partial charge in [0, 0.05) is 18.6 Å². The Morgan fingerprint density at radius 1 is 1.44 bits per heavy atom. The fraction of sp³-hybridized carbons (Fsp3) is 0.300. The van der Waals surface area contributed by atoms with Crippen molar-refractivity contribution in [3.63, 3.8) is 0 Å². The molecule has 6 nitrogen and oxygen atoms in total. The lowest BCUT2D eigenvalue weighted by Gasteiger charge is -2.12. The number of amides is 1. The standard InChI is InChI=1S/C10H14BrN3O3S/c1-14(2)10(15)6-13-18(16,17)9-4-3-7(11)5-8(9)12/h3-5,13H,6,12H2,1-2H3. The number of nitrogens with one attached hydrogen (secondary N) is 1. The van der Waals surface area contributed by atoms with Crippen molar-refractivity contribution in [3.05, 3.63) is 22.7 Å². The number of nitrogen functional groups attached to an aromatic ring is 1. The van der Waals surface area contributed by atoms with Crippen molar-refractivity contribution in [2.24, 2.45) is 0 Å². The SMILES string of the molecule is CN(C)C(=O)CNS(=O)(=O)c1ccc(Br)cc1N. The van der Waals surface area contributed by atoms with Crippen LogP contribution < -0.4 is 10.5 Å². The molecule has 0 saturated carbocycles. The number of anilines is 1. The Hall–Kier alpha value is -1.12. The number of rotatable bonds is 4. The van der Waals surface area contributed by atoms with E-state index in [9.17, 15) is 13.2 Å². The van der Waals surface area contributed by atoms with Crippen LogP contribution in [-0.4, -0.2) is 39.9 Å². The molecule has 1 aromatic carbocycles. The zero-order chi connectivity index (χ0) is 13.9. The lowest BCUT2D eigenvalue weighted by Crippen LogP contribution is -2.36. The van der Waals surface area contributed by atoms with E-state index in [4.69, 9.17) is 5.73 Å². The zero-order valence-electron chi connectivity index (χ0n) is 9.97. The van der Waals surface area contributed by atoms with E-state index in [-0.39, 0.29) is 23.0 Å². The fourth-order valence-electron chi connectivity index (χ4n) is 1.16. The topological polar surface area (TPSA) is 92.5 Å². The Labute approximate surface area is 114 Å². The first-order valence-corrected chi connectivity index (χ1v) is 7.26. The zero-order valence-corrected chi connectivity index (χ0v) is 12.4. The van der Waals surface area contributed by atoms with Crippen molar-refractivity contribution in [3.8, 4) is 0 Å². The van der Waals surface area contributed by atoms with Gasteiger partial charge in [0.1, 0.15) is 4.90 Å². The van der Waals surface area contributed by atoms with Crippen molar-refractivity contribution in [1.82, 2.24) is 9.62 Å². The molecule has 0 aliphatic carbocycles. The summed E-state index contributed by atoms with van der Waals surface area (Å²) >= 11 is 3.19. The molecule has 1 rings (SSSR count). The van der Waals surface area contributed by atoms with E-state index in [0.717, 1.165) is 0 Å². The molecule has 3 N–H and O–H groups in total. The van der Waals surface area contributed by atoms with E-state index in [2.05, 4.69) is 20.7 Å². The largest absolute Gasteiger partial charge is 0.398 e. The molecule has 0 radical (unpaired) electrons.